The molecule has 0 radical (unpaired) electrons. The Morgan fingerprint density at radius 2 is 1.54 bits per heavy atom. The number of ether oxygens (including phenoxy) is 1. The molecular formula is C25H36O. The molecule has 0 atom stereocenters. The van der Waals surface area contributed by atoms with E-state index in [9.17, 15) is 0 Å². The van der Waals surface area contributed by atoms with Crippen molar-refractivity contribution >= 4 is 10.8 Å². The van der Waals surface area contributed by atoms with Crippen molar-refractivity contribution in [3.05, 3.63) is 42.0 Å². The smallest absolute Gasteiger partial charge is 0.119 e. The number of benzene rings is 2. The van der Waals surface area contributed by atoms with E-state index in [2.05, 4.69) is 50.2 Å². The summed E-state index contributed by atoms with van der Waals surface area (Å²) in [5.41, 5.74) is 1.54. The van der Waals surface area contributed by atoms with Crippen molar-refractivity contribution in [2.24, 2.45) is 5.92 Å². The van der Waals surface area contributed by atoms with Crippen molar-refractivity contribution in [2.75, 3.05) is 6.61 Å². The summed E-state index contributed by atoms with van der Waals surface area (Å²) in [7, 11) is 0. The molecule has 0 N–H and O–H groups in total. The van der Waals surface area contributed by atoms with Gasteiger partial charge in [0.25, 0.3) is 0 Å². The highest BCUT2D eigenvalue weighted by molar-refractivity contribution is 5.84. The summed E-state index contributed by atoms with van der Waals surface area (Å²) >= 11 is 0. The molecule has 1 heteroatoms. The van der Waals surface area contributed by atoms with Crippen molar-refractivity contribution in [1.29, 1.82) is 0 Å². The lowest BCUT2D eigenvalue weighted by atomic mass is 9.77. The average Bonchev–Trinajstić information content (AvgIpc) is 2.70. The zero-order chi connectivity index (χ0) is 18.2. The van der Waals surface area contributed by atoms with Gasteiger partial charge in [-0.05, 0) is 72.4 Å². The van der Waals surface area contributed by atoms with Crippen LogP contribution in [0, 0.1) is 5.92 Å². The van der Waals surface area contributed by atoms with Gasteiger partial charge in [0.1, 0.15) is 5.75 Å². The maximum Gasteiger partial charge on any atom is 0.119 e. The first-order valence-electron chi connectivity index (χ1n) is 11.0. The lowest BCUT2D eigenvalue weighted by Gasteiger charge is -2.28. The molecule has 0 saturated heterocycles. The highest BCUT2D eigenvalue weighted by atomic mass is 16.5. The highest BCUT2D eigenvalue weighted by Gasteiger charge is 2.21. The molecule has 0 bridgehead atoms. The summed E-state index contributed by atoms with van der Waals surface area (Å²) in [5, 5.41) is 2.66. The molecule has 1 nitrogen and oxygen atoms in total. The molecule has 0 aliphatic heterocycles. The van der Waals surface area contributed by atoms with Crippen molar-refractivity contribution < 1.29 is 4.74 Å². The van der Waals surface area contributed by atoms with E-state index in [1.165, 1.54) is 74.1 Å². The molecular weight excluding hydrogens is 316 g/mol. The van der Waals surface area contributed by atoms with Crippen LogP contribution in [0.5, 0.6) is 5.75 Å². The predicted octanol–water partition coefficient (Wildman–Crippen LogP) is 7.87. The van der Waals surface area contributed by atoms with Gasteiger partial charge in [0.15, 0.2) is 0 Å². The number of rotatable bonds is 9. The molecule has 0 aromatic heterocycles. The van der Waals surface area contributed by atoms with Crippen LogP contribution in [0.3, 0.4) is 0 Å². The predicted molar refractivity (Wildman–Crippen MR) is 113 cm³/mol. The summed E-state index contributed by atoms with van der Waals surface area (Å²) in [5.74, 6) is 2.75. The second kappa shape index (κ2) is 10.00. The molecule has 142 valence electrons. The first-order chi connectivity index (χ1) is 12.8. The molecule has 1 aliphatic rings. The lowest BCUT2D eigenvalue weighted by Crippen LogP contribution is -2.12. The Bertz CT molecular complexity index is 667. The Balaban J connectivity index is 1.56. The fourth-order valence-corrected chi connectivity index (χ4v) is 4.39. The van der Waals surface area contributed by atoms with E-state index in [1.54, 1.807) is 0 Å². The van der Waals surface area contributed by atoms with Gasteiger partial charge in [0.05, 0.1) is 6.61 Å². The molecule has 26 heavy (non-hydrogen) atoms. The lowest BCUT2D eigenvalue weighted by molar-refractivity contribution is 0.305. The maximum atomic E-state index is 5.97. The molecule has 0 amide bonds. The fraction of sp³-hybridized carbons (Fsp3) is 0.600. The Morgan fingerprint density at radius 1 is 0.808 bits per heavy atom. The van der Waals surface area contributed by atoms with E-state index in [-0.39, 0.29) is 0 Å². The van der Waals surface area contributed by atoms with E-state index in [1.807, 2.05) is 0 Å². The number of unbranched alkanes of at least 4 members (excludes halogenated alkanes) is 4. The quantitative estimate of drug-likeness (QED) is 0.417. The summed E-state index contributed by atoms with van der Waals surface area (Å²) in [6.45, 7) is 5.44. The minimum atomic E-state index is 0.765. The first kappa shape index (κ1) is 19.3. The molecule has 1 fully saturated rings. The van der Waals surface area contributed by atoms with Gasteiger partial charge in [-0.3, -0.25) is 0 Å². The number of hydrogen-bond donors (Lipinski definition) is 0. The van der Waals surface area contributed by atoms with E-state index >= 15 is 0 Å². The van der Waals surface area contributed by atoms with Crippen LogP contribution >= 0.6 is 0 Å². The van der Waals surface area contributed by atoms with Gasteiger partial charge in [-0.1, -0.05) is 70.2 Å². The zero-order valence-corrected chi connectivity index (χ0v) is 16.8. The largest absolute Gasteiger partial charge is 0.494 e. The Morgan fingerprint density at radius 3 is 2.31 bits per heavy atom. The topological polar surface area (TPSA) is 9.23 Å². The van der Waals surface area contributed by atoms with Gasteiger partial charge in [0.2, 0.25) is 0 Å². The maximum absolute atomic E-state index is 5.97. The molecule has 2 aromatic carbocycles. The van der Waals surface area contributed by atoms with Crippen molar-refractivity contribution in [3.63, 3.8) is 0 Å². The SMILES string of the molecule is CCCCCCCOc1ccc2cc(C3CCC(CC)CC3)ccc2c1. The van der Waals surface area contributed by atoms with Gasteiger partial charge in [-0.25, -0.2) is 0 Å². The van der Waals surface area contributed by atoms with Crippen LogP contribution in [-0.2, 0) is 0 Å². The third-order valence-electron chi connectivity index (χ3n) is 6.25. The fourth-order valence-electron chi connectivity index (χ4n) is 4.39. The molecule has 1 saturated carbocycles. The molecule has 1 aliphatic carbocycles. The van der Waals surface area contributed by atoms with E-state index < -0.39 is 0 Å². The summed E-state index contributed by atoms with van der Waals surface area (Å²) in [4.78, 5) is 0. The van der Waals surface area contributed by atoms with Crippen molar-refractivity contribution in [2.45, 2.75) is 84.0 Å². The Kier molecular flexibility index (Phi) is 7.41. The van der Waals surface area contributed by atoms with Crippen LogP contribution in [-0.4, -0.2) is 6.61 Å². The standard InChI is InChI=1S/C25H36O/c1-3-5-6-7-8-17-26-25-16-15-23-18-22(13-14-24(23)19-25)21-11-9-20(4-2)10-12-21/h13-16,18-21H,3-12,17H2,1-2H3. The average molecular weight is 353 g/mol. The Hall–Kier alpha value is -1.50. The van der Waals surface area contributed by atoms with Gasteiger partial charge < -0.3 is 4.74 Å². The van der Waals surface area contributed by atoms with Crippen LogP contribution in [0.1, 0.15) is 89.5 Å². The molecule has 0 heterocycles. The zero-order valence-electron chi connectivity index (χ0n) is 16.8. The van der Waals surface area contributed by atoms with E-state index in [0.29, 0.717) is 0 Å². The summed E-state index contributed by atoms with van der Waals surface area (Å²) in [6, 6.07) is 13.7. The normalized spacial score (nSPS) is 20.4. The molecule has 0 spiro atoms. The van der Waals surface area contributed by atoms with Gasteiger partial charge in [0, 0.05) is 0 Å². The summed E-state index contributed by atoms with van der Waals surface area (Å²) in [6.07, 6.45) is 13.3. The minimum absolute atomic E-state index is 0.765. The van der Waals surface area contributed by atoms with Crippen LogP contribution < -0.4 is 4.74 Å². The Labute approximate surface area is 160 Å². The number of hydrogen-bond acceptors (Lipinski definition) is 1. The van der Waals surface area contributed by atoms with E-state index in [0.717, 1.165) is 30.6 Å². The number of fused-ring (bicyclic) bond motifs is 1. The second-order valence-electron chi connectivity index (χ2n) is 8.16. The third-order valence-corrected chi connectivity index (χ3v) is 6.25. The first-order valence-corrected chi connectivity index (χ1v) is 11.0. The highest BCUT2D eigenvalue weighted by Crippen LogP contribution is 2.38. The third kappa shape index (κ3) is 5.25. The van der Waals surface area contributed by atoms with Gasteiger partial charge in [-0.15, -0.1) is 0 Å². The van der Waals surface area contributed by atoms with Crippen LogP contribution in [0.25, 0.3) is 10.8 Å². The van der Waals surface area contributed by atoms with E-state index in [4.69, 9.17) is 4.74 Å². The van der Waals surface area contributed by atoms with Crippen LogP contribution in [0.4, 0.5) is 0 Å². The van der Waals surface area contributed by atoms with Crippen LogP contribution in [0.2, 0.25) is 0 Å². The minimum Gasteiger partial charge on any atom is -0.494 e. The van der Waals surface area contributed by atoms with Crippen LogP contribution in [0.15, 0.2) is 36.4 Å². The summed E-state index contributed by atoms with van der Waals surface area (Å²) < 4.78 is 5.97. The van der Waals surface area contributed by atoms with Crippen molar-refractivity contribution in [3.8, 4) is 5.75 Å². The molecule has 2 aromatic rings. The molecule has 3 rings (SSSR count). The second-order valence-corrected chi connectivity index (χ2v) is 8.16. The molecule has 0 unspecified atom stereocenters. The van der Waals surface area contributed by atoms with Gasteiger partial charge >= 0.3 is 0 Å². The van der Waals surface area contributed by atoms with Gasteiger partial charge in [-0.2, -0.15) is 0 Å². The monoisotopic (exact) mass is 352 g/mol. The van der Waals surface area contributed by atoms with Crippen molar-refractivity contribution in [1.82, 2.24) is 0 Å².